The topological polar surface area (TPSA) is 83.7 Å². The summed E-state index contributed by atoms with van der Waals surface area (Å²) in [4.78, 5) is 20.8. The number of ether oxygens (including phenoxy) is 1. The van der Waals surface area contributed by atoms with E-state index >= 15 is 0 Å². The molecule has 1 unspecified atom stereocenters. The molecule has 146 valence electrons. The van der Waals surface area contributed by atoms with Crippen LogP contribution in [0.5, 0.6) is 0 Å². The number of hydrogen-bond acceptors (Lipinski definition) is 7. The lowest BCUT2D eigenvalue weighted by atomic mass is 10.0. The van der Waals surface area contributed by atoms with E-state index < -0.39 is 0 Å². The van der Waals surface area contributed by atoms with E-state index in [4.69, 9.17) is 9.26 Å². The van der Waals surface area contributed by atoms with Crippen LogP contribution in [0.15, 0.2) is 28.8 Å². The average molecular weight is 373 g/mol. The third-order valence-electron chi connectivity index (χ3n) is 4.66. The number of anilines is 1. The van der Waals surface area contributed by atoms with Crippen LogP contribution < -0.4 is 10.2 Å². The minimum atomic E-state index is -0.112. The van der Waals surface area contributed by atoms with E-state index in [9.17, 15) is 4.79 Å². The molecule has 0 spiro atoms. The monoisotopic (exact) mass is 373 g/mol. The van der Waals surface area contributed by atoms with Crippen LogP contribution in [-0.4, -0.2) is 67.9 Å². The average Bonchev–Trinajstić information content (AvgIpc) is 3.08. The van der Waals surface area contributed by atoms with E-state index in [0.29, 0.717) is 31.5 Å². The van der Waals surface area contributed by atoms with E-state index in [1.165, 1.54) is 5.56 Å². The van der Waals surface area contributed by atoms with Gasteiger partial charge in [-0.25, -0.2) is 0 Å². The van der Waals surface area contributed by atoms with E-state index in [-0.39, 0.29) is 18.4 Å². The molecule has 1 amide bonds. The van der Waals surface area contributed by atoms with Gasteiger partial charge in [-0.1, -0.05) is 17.3 Å². The number of benzene rings is 1. The van der Waals surface area contributed by atoms with E-state index in [1.54, 1.807) is 6.92 Å². The Morgan fingerprint density at radius 2 is 1.96 bits per heavy atom. The van der Waals surface area contributed by atoms with Crippen molar-refractivity contribution in [2.24, 2.45) is 0 Å². The fourth-order valence-electron chi connectivity index (χ4n) is 3.17. The number of carbonyl (C=O) groups is 1. The first kappa shape index (κ1) is 19.3. The zero-order valence-electron chi connectivity index (χ0n) is 16.1. The van der Waals surface area contributed by atoms with Gasteiger partial charge in [-0.3, -0.25) is 9.69 Å². The summed E-state index contributed by atoms with van der Waals surface area (Å²) >= 11 is 0. The number of rotatable bonds is 7. The Bertz CT molecular complexity index is 738. The Balaban J connectivity index is 1.66. The van der Waals surface area contributed by atoms with Crippen LogP contribution in [-0.2, 0) is 16.0 Å². The van der Waals surface area contributed by atoms with Crippen LogP contribution in [0.2, 0.25) is 0 Å². The van der Waals surface area contributed by atoms with Crippen molar-refractivity contribution in [3.63, 3.8) is 0 Å². The predicted octanol–water partition coefficient (Wildman–Crippen LogP) is 1.18. The van der Waals surface area contributed by atoms with Crippen molar-refractivity contribution in [1.29, 1.82) is 0 Å². The fraction of sp³-hybridized carbons (Fsp3) is 0.526. The quantitative estimate of drug-likeness (QED) is 0.780. The van der Waals surface area contributed by atoms with Crippen LogP contribution in [0.4, 0.5) is 5.69 Å². The van der Waals surface area contributed by atoms with Crippen molar-refractivity contribution in [2.45, 2.75) is 19.4 Å². The molecule has 8 nitrogen and oxygen atoms in total. The van der Waals surface area contributed by atoms with Crippen LogP contribution in [0.25, 0.3) is 0 Å². The van der Waals surface area contributed by atoms with Gasteiger partial charge in [0, 0.05) is 46.3 Å². The molecule has 0 saturated carbocycles. The summed E-state index contributed by atoms with van der Waals surface area (Å²) in [6.45, 7) is 5.35. The largest absolute Gasteiger partial charge is 0.379 e. The summed E-state index contributed by atoms with van der Waals surface area (Å²) in [6, 6.07) is 8.56. The van der Waals surface area contributed by atoms with Gasteiger partial charge >= 0.3 is 0 Å². The highest BCUT2D eigenvalue weighted by Gasteiger charge is 2.23. The van der Waals surface area contributed by atoms with Crippen molar-refractivity contribution < 1.29 is 14.1 Å². The number of morpholine rings is 1. The third-order valence-corrected chi connectivity index (χ3v) is 4.66. The first-order chi connectivity index (χ1) is 13.0. The Labute approximate surface area is 159 Å². The van der Waals surface area contributed by atoms with Crippen LogP contribution in [0.3, 0.4) is 0 Å². The molecule has 1 aliphatic heterocycles. The highest BCUT2D eigenvalue weighted by molar-refractivity contribution is 5.77. The normalized spacial score (nSPS) is 16.1. The van der Waals surface area contributed by atoms with E-state index in [1.807, 2.05) is 14.1 Å². The number of carbonyl (C=O) groups excluding carboxylic acids is 1. The first-order valence-electron chi connectivity index (χ1n) is 9.18. The SMILES string of the molecule is Cc1nc(CC(=O)NCC(c2ccc(N(C)C)cc2)N2CCOCC2)no1. The lowest BCUT2D eigenvalue weighted by Gasteiger charge is -2.35. The van der Waals surface area contributed by atoms with Gasteiger partial charge in [-0.2, -0.15) is 4.98 Å². The number of aromatic nitrogens is 2. The number of amides is 1. The molecule has 1 N–H and O–H groups in total. The lowest BCUT2D eigenvalue weighted by Crippen LogP contribution is -2.44. The summed E-state index contributed by atoms with van der Waals surface area (Å²) in [7, 11) is 4.04. The van der Waals surface area contributed by atoms with Crippen LogP contribution in [0.1, 0.15) is 23.3 Å². The zero-order valence-corrected chi connectivity index (χ0v) is 16.1. The Morgan fingerprint density at radius 3 is 2.56 bits per heavy atom. The molecule has 1 aliphatic rings. The zero-order chi connectivity index (χ0) is 19.2. The molecular weight excluding hydrogens is 346 g/mol. The Hall–Kier alpha value is -2.45. The third kappa shape index (κ3) is 5.27. The molecule has 1 saturated heterocycles. The van der Waals surface area contributed by atoms with Crippen molar-refractivity contribution in [3.8, 4) is 0 Å². The van der Waals surface area contributed by atoms with Crippen molar-refractivity contribution in [1.82, 2.24) is 20.4 Å². The smallest absolute Gasteiger partial charge is 0.227 e. The minimum Gasteiger partial charge on any atom is -0.379 e. The molecule has 3 rings (SSSR count). The highest BCUT2D eigenvalue weighted by atomic mass is 16.5. The summed E-state index contributed by atoms with van der Waals surface area (Å²) in [5.41, 5.74) is 2.33. The standard InChI is InChI=1S/C19H27N5O3/c1-14-21-18(22-27-14)12-19(25)20-13-17(24-8-10-26-11-9-24)15-4-6-16(7-5-15)23(2)3/h4-7,17H,8-13H2,1-3H3,(H,20,25). The van der Waals surface area contributed by atoms with Crippen molar-refractivity contribution >= 4 is 11.6 Å². The molecule has 0 radical (unpaired) electrons. The Kier molecular flexibility index (Phi) is 6.41. The maximum atomic E-state index is 12.3. The number of hydrogen-bond donors (Lipinski definition) is 1. The summed E-state index contributed by atoms with van der Waals surface area (Å²) in [5.74, 6) is 0.757. The molecule has 0 bridgehead atoms. The second-order valence-electron chi connectivity index (χ2n) is 6.86. The molecule has 0 aliphatic carbocycles. The maximum absolute atomic E-state index is 12.3. The van der Waals surface area contributed by atoms with Gasteiger partial charge < -0.3 is 19.5 Å². The van der Waals surface area contributed by atoms with Gasteiger partial charge in [-0.05, 0) is 17.7 Å². The van der Waals surface area contributed by atoms with Gasteiger partial charge in [0.05, 0.1) is 25.7 Å². The van der Waals surface area contributed by atoms with E-state index in [2.05, 4.69) is 49.5 Å². The van der Waals surface area contributed by atoms with Crippen LogP contribution in [0, 0.1) is 6.92 Å². The van der Waals surface area contributed by atoms with Gasteiger partial charge in [0.2, 0.25) is 11.8 Å². The van der Waals surface area contributed by atoms with Crippen LogP contribution >= 0.6 is 0 Å². The molecular formula is C19H27N5O3. The lowest BCUT2D eigenvalue weighted by molar-refractivity contribution is -0.120. The molecule has 1 fully saturated rings. The second-order valence-corrected chi connectivity index (χ2v) is 6.86. The predicted molar refractivity (Wildman–Crippen MR) is 102 cm³/mol. The molecule has 2 aromatic rings. The van der Waals surface area contributed by atoms with Crippen molar-refractivity contribution in [2.75, 3.05) is 51.8 Å². The first-order valence-corrected chi connectivity index (χ1v) is 9.18. The maximum Gasteiger partial charge on any atom is 0.227 e. The summed E-state index contributed by atoms with van der Waals surface area (Å²) in [5, 5.41) is 6.80. The van der Waals surface area contributed by atoms with Gasteiger partial charge in [0.25, 0.3) is 0 Å². The van der Waals surface area contributed by atoms with E-state index in [0.717, 1.165) is 18.8 Å². The molecule has 27 heavy (non-hydrogen) atoms. The van der Waals surface area contributed by atoms with Crippen molar-refractivity contribution in [3.05, 3.63) is 41.5 Å². The minimum absolute atomic E-state index is 0.0982. The molecule has 2 heterocycles. The van der Waals surface area contributed by atoms with Gasteiger partial charge in [-0.15, -0.1) is 0 Å². The summed E-state index contributed by atoms with van der Waals surface area (Å²) < 4.78 is 10.4. The fourth-order valence-corrected chi connectivity index (χ4v) is 3.17. The molecule has 1 aromatic heterocycles. The summed E-state index contributed by atoms with van der Waals surface area (Å²) in [6.07, 6.45) is 0.118. The number of aryl methyl sites for hydroxylation is 1. The molecule has 1 aromatic carbocycles. The van der Waals surface area contributed by atoms with Gasteiger partial charge in [0.1, 0.15) is 0 Å². The molecule has 8 heteroatoms. The Morgan fingerprint density at radius 1 is 1.26 bits per heavy atom. The second kappa shape index (κ2) is 8.96. The number of nitrogens with zero attached hydrogens (tertiary/aromatic N) is 4. The number of nitrogens with one attached hydrogen (secondary N) is 1. The highest BCUT2D eigenvalue weighted by Crippen LogP contribution is 2.23. The van der Waals surface area contributed by atoms with Gasteiger partial charge in [0.15, 0.2) is 5.82 Å². The molecule has 1 atom stereocenters.